The maximum Gasteiger partial charge on any atom is 0.167 e. The predicted octanol–water partition coefficient (Wildman–Crippen LogP) is 2.39. The maximum atomic E-state index is 14.8. The van der Waals surface area contributed by atoms with Gasteiger partial charge in [-0.05, 0) is 44.5 Å². The maximum absolute atomic E-state index is 14.8. The third kappa shape index (κ3) is 1.56. The fourth-order valence-electron chi connectivity index (χ4n) is 3.11. The number of nitrogens with one attached hydrogen (secondary N) is 1. The zero-order chi connectivity index (χ0) is 12.8. The third-order valence-corrected chi connectivity index (χ3v) is 4.17. The van der Waals surface area contributed by atoms with Gasteiger partial charge in [-0.1, -0.05) is 16.6 Å². The van der Waals surface area contributed by atoms with Gasteiger partial charge in [0.25, 0.3) is 0 Å². The van der Waals surface area contributed by atoms with Crippen LogP contribution in [0.25, 0.3) is 0 Å². The standard InChI is InChI=1S/C14H17FN2O/c1-10-3-2-4-11-12(18)9-14(17(15)13(10)11)5-7-16-8-6-14/h2-4,16H,5-9H2,1H3. The van der Waals surface area contributed by atoms with Gasteiger partial charge in [0.15, 0.2) is 5.78 Å². The van der Waals surface area contributed by atoms with Crippen LogP contribution in [0, 0.1) is 6.92 Å². The average molecular weight is 248 g/mol. The van der Waals surface area contributed by atoms with Gasteiger partial charge in [-0.25, -0.2) is 5.12 Å². The molecule has 0 unspecified atom stereocenters. The van der Waals surface area contributed by atoms with Crippen LogP contribution in [0.3, 0.4) is 0 Å². The van der Waals surface area contributed by atoms with Gasteiger partial charge in [0.1, 0.15) is 0 Å². The number of para-hydroxylation sites is 1. The number of anilines is 1. The number of ketones is 1. The fraction of sp³-hybridized carbons (Fsp3) is 0.500. The van der Waals surface area contributed by atoms with Gasteiger partial charge in [-0.15, -0.1) is 0 Å². The van der Waals surface area contributed by atoms with Gasteiger partial charge in [0.05, 0.1) is 11.2 Å². The summed E-state index contributed by atoms with van der Waals surface area (Å²) in [5.74, 6) is 0.0736. The van der Waals surface area contributed by atoms with Crippen LogP contribution >= 0.6 is 0 Å². The Bertz CT molecular complexity index is 495. The molecule has 0 aromatic heterocycles. The van der Waals surface area contributed by atoms with Crippen molar-refractivity contribution in [2.45, 2.75) is 31.7 Å². The van der Waals surface area contributed by atoms with Crippen molar-refractivity contribution in [3.63, 3.8) is 0 Å². The second-order valence-corrected chi connectivity index (χ2v) is 5.33. The SMILES string of the molecule is Cc1cccc2c1N(F)C1(CCNCC1)CC2=O. The number of aryl methyl sites for hydroxylation is 1. The smallest absolute Gasteiger partial charge is 0.167 e. The molecule has 0 aliphatic carbocycles. The van der Waals surface area contributed by atoms with Gasteiger partial charge in [-0.3, -0.25) is 4.79 Å². The Hall–Kier alpha value is -1.42. The lowest BCUT2D eigenvalue weighted by Gasteiger charge is -2.45. The minimum atomic E-state index is -0.624. The summed E-state index contributed by atoms with van der Waals surface area (Å²) >= 11 is 0. The highest BCUT2D eigenvalue weighted by atomic mass is 19.2. The predicted molar refractivity (Wildman–Crippen MR) is 68.5 cm³/mol. The monoisotopic (exact) mass is 248 g/mol. The Kier molecular flexibility index (Phi) is 2.63. The summed E-state index contributed by atoms with van der Waals surface area (Å²) in [4.78, 5) is 12.2. The fourth-order valence-corrected chi connectivity index (χ4v) is 3.11. The topological polar surface area (TPSA) is 32.3 Å². The van der Waals surface area contributed by atoms with Crippen LogP contribution in [-0.2, 0) is 0 Å². The summed E-state index contributed by atoms with van der Waals surface area (Å²) in [5.41, 5.74) is 1.22. The van der Waals surface area contributed by atoms with Crippen LogP contribution in [0.5, 0.6) is 0 Å². The number of Topliss-reactive ketones (excluding diaryl/α,β-unsaturated/α-hetero) is 1. The molecule has 0 bridgehead atoms. The third-order valence-electron chi connectivity index (χ3n) is 4.17. The molecule has 1 aromatic carbocycles. The van der Waals surface area contributed by atoms with Crippen molar-refractivity contribution >= 4 is 11.5 Å². The van der Waals surface area contributed by atoms with E-state index < -0.39 is 5.54 Å². The van der Waals surface area contributed by atoms with E-state index in [1.54, 1.807) is 6.07 Å². The molecule has 1 saturated heterocycles. The van der Waals surface area contributed by atoms with Crippen molar-refractivity contribution in [3.05, 3.63) is 29.3 Å². The van der Waals surface area contributed by atoms with E-state index in [0.29, 0.717) is 30.5 Å². The Balaban J connectivity index is 2.10. The quantitative estimate of drug-likeness (QED) is 0.715. The minimum Gasteiger partial charge on any atom is -0.317 e. The van der Waals surface area contributed by atoms with Crippen LogP contribution < -0.4 is 10.4 Å². The summed E-state index contributed by atoms with van der Waals surface area (Å²) in [5, 5.41) is 4.10. The molecule has 2 aliphatic heterocycles. The molecule has 2 heterocycles. The van der Waals surface area contributed by atoms with Gasteiger partial charge in [0, 0.05) is 12.0 Å². The molecular weight excluding hydrogens is 231 g/mol. The number of fused-ring (bicyclic) bond motifs is 1. The van der Waals surface area contributed by atoms with Crippen molar-refractivity contribution < 1.29 is 9.28 Å². The summed E-state index contributed by atoms with van der Waals surface area (Å²) in [6, 6.07) is 5.41. The number of halogens is 1. The molecule has 96 valence electrons. The van der Waals surface area contributed by atoms with Crippen LogP contribution in [0.4, 0.5) is 10.2 Å². The Morgan fingerprint density at radius 2 is 2.06 bits per heavy atom. The highest BCUT2D eigenvalue weighted by Crippen LogP contribution is 2.43. The first-order chi connectivity index (χ1) is 8.64. The van der Waals surface area contributed by atoms with Crippen molar-refractivity contribution in [1.29, 1.82) is 0 Å². The van der Waals surface area contributed by atoms with E-state index >= 15 is 0 Å². The number of benzene rings is 1. The van der Waals surface area contributed by atoms with Crippen molar-refractivity contribution in [2.24, 2.45) is 0 Å². The van der Waals surface area contributed by atoms with E-state index in [2.05, 4.69) is 5.32 Å². The number of carbonyl (C=O) groups excluding carboxylic acids is 1. The molecule has 1 fully saturated rings. The lowest BCUT2D eigenvalue weighted by atomic mass is 9.78. The summed E-state index contributed by atoms with van der Waals surface area (Å²) < 4.78 is 14.8. The molecule has 0 radical (unpaired) electrons. The Morgan fingerprint density at radius 1 is 1.33 bits per heavy atom. The molecule has 0 saturated carbocycles. The largest absolute Gasteiger partial charge is 0.317 e. The molecule has 0 amide bonds. The zero-order valence-electron chi connectivity index (χ0n) is 10.5. The molecule has 18 heavy (non-hydrogen) atoms. The number of piperidine rings is 1. The number of rotatable bonds is 0. The van der Waals surface area contributed by atoms with Crippen LogP contribution in [0.1, 0.15) is 35.2 Å². The van der Waals surface area contributed by atoms with E-state index in [1.165, 1.54) is 0 Å². The lowest BCUT2D eigenvalue weighted by Crippen LogP contribution is -2.55. The normalized spacial score (nSPS) is 22.1. The van der Waals surface area contributed by atoms with Crippen LogP contribution in [0.2, 0.25) is 0 Å². The molecule has 1 N–H and O–H groups in total. The highest BCUT2D eigenvalue weighted by molar-refractivity contribution is 6.04. The molecule has 1 spiro atoms. The zero-order valence-corrected chi connectivity index (χ0v) is 10.5. The van der Waals surface area contributed by atoms with Crippen LogP contribution in [-0.4, -0.2) is 24.4 Å². The highest BCUT2D eigenvalue weighted by Gasteiger charge is 2.46. The average Bonchev–Trinajstić information content (AvgIpc) is 2.37. The van der Waals surface area contributed by atoms with Gasteiger partial charge in [0.2, 0.25) is 0 Å². The second-order valence-electron chi connectivity index (χ2n) is 5.33. The van der Waals surface area contributed by atoms with E-state index in [4.69, 9.17) is 0 Å². The molecule has 3 nitrogen and oxygen atoms in total. The molecule has 0 atom stereocenters. The van der Waals surface area contributed by atoms with Crippen molar-refractivity contribution in [2.75, 3.05) is 18.2 Å². The van der Waals surface area contributed by atoms with E-state index in [0.717, 1.165) is 23.8 Å². The second kappa shape index (κ2) is 4.05. The summed E-state index contributed by atoms with van der Waals surface area (Å²) in [7, 11) is 0. The number of nitrogens with zero attached hydrogens (tertiary/aromatic N) is 1. The van der Waals surface area contributed by atoms with E-state index in [1.807, 2.05) is 19.1 Å². The van der Waals surface area contributed by atoms with Crippen molar-refractivity contribution in [3.8, 4) is 0 Å². The molecule has 4 heteroatoms. The Labute approximate surface area is 106 Å². The first-order valence-electron chi connectivity index (χ1n) is 6.44. The van der Waals surface area contributed by atoms with E-state index in [9.17, 15) is 9.28 Å². The number of hydrogen-bond acceptors (Lipinski definition) is 3. The summed E-state index contributed by atoms with van der Waals surface area (Å²) in [6.07, 6.45) is 1.66. The number of hydrogen-bond donors (Lipinski definition) is 1. The van der Waals surface area contributed by atoms with Gasteiger partial charge >= 0.3 is 0 Å². The molecule has 3 rings (SSSR count). The lowest BCUT2D eigenvalue weighted by molar-refractivity contribution is 0.0869. The molecular formula is C14H17FN2O. The first kappa shape index (κ1) is 11.7. The summed E-state index contributed by atoms with van der Waals surface area (Å²) in [6.45, 7) is 3.41. The first-order valence-corrected chi connectivity index (χ1v) is 6.44. The number of carbonyl (C=O) groups is 1. The van der Waals surface area contributed by atoms with Gasteiger partial charge < -0.3 is 5.32 Å². The van der Waals surface area contributed by atoms with Gasteiger partial charge in [-0.2, -0.15) is 0 Å². The Morgan fingerprint density at radius 3 is 2.78 bits per heavy atom. The van der Waals surface area contributed by atoms with E-state index in [-0.39, 0.29) is 5.78 Å². The minimum absolute atomic E-state index is 0.0736. The van der Waals surface area contributed by atoms with Crippen molar-refractivity contribution in [1.82, 2.24) is 5.32 Å². The molecule has 1 aromatic rings. The van der Waals surface area contributed by atoms with Crippen LogP contribution in [0.15, 0.2) is 18.2 Å². The molecule has 2 aliphatic rings.